The van der Waals surface area contributed by atoms with Crippen LogP contribution in [0.1, 0.15) is 5.69 Å². The van der Waals surface area contributed by atoms with Crippen molar-refractivity contribution in [1.82, 2.24) is 19.3 Å². The van der Waals surface area contributed by atoms with Crippen LogP contribution in [0.3, 0.4) is 0 Å². The number of aryl methyl sites for hydroxylation is 2. The molecule has 0 amide bonds. The molecule has 4 nitrogen and oxygen atoms in total. The maximum absolute atomic E-state index is 5.54. The van der Waals surface area contributed by atoms with Crippen LogP contribution >= 0.6 is 12.2 Å². The quantitative estimate of drug-likeness (QED) is 0.541. The Morgan fingerprint density at radius 3 is 2.71 bits per heavy atom. The fourth-order valence-electron chi connectivity index (χ4n) is 2.93. The summed E-state index contributed by atoms with van der Waals surface area (Å²) in [6.45, 7) is 1.99. The van der Waals surface area contributed by atoms with Crippen LogP contribution in [-0.2, 0) is 7.05 Å². The van der Waals surface area contributed by atoms with Crippen LogP contribution < -0.4 is 0 Å². The highest BCUT2D eigenvalue weighted by molar-refractivity contribution is 7.71. The summed E-state index contributed by atoms with van der Waals surface area (Å²) in [7, 11) is 1.94. The highest BCUT2D eigenvalue weighted by Gasteiger charge is 2.15. The van der Waals surface area contributed by atoms with Crippen molar-refractivity contribution in [2.24, 2.45) is 7.05 Å². The van der Waals surface area contributed by atoms with Crippen molar-refractivity contribution in [3.63, 3.8) is 0 Å². The maximum atomic E-state index is 5.54. The Balaban J connectivity index is 2.19. The van der Waals surface area contributed by atoms with Gasteiger partial charge < -0.3 is 4.98 Å². The largest absolute Gasteiger partial charge is 0.327 e. The van der Waals surface area contributed by atoms with Crippen molar-refractivity contribution < 1.29 is 0 Å². The Hall–Kier alpha value is -2.40. The van der Waals surface area contributed by atoms with Gasteiger partial charge in [0.25, 0.3) is 0 Å². The minimum Gasteiger partial charge on any atom is -0.327 e. The van der Waals surface area contributed by atoms with E-state index in [4.69, 9.17) is 12.2 Å². The van der Waals surface area contributed by atoms with Gasteiger partial charge in [0.1, 0.15) is 5.52 Å². The number of nitrogens with one attached hydrogen (secondary N) is 1. The van der Waals surface area contributed by atoms with E-state index in [0.29, 0.717) is 4.77 Å². The number of imidazole rings is 1. The van der Waals surface area contributed by atoms with Crippen LogP contribution in [0.4, 0.5) is 0 Å². The molecule has 2 aromatic heterocycles. The third-order valence-electron chi connectivity index (χ3n) is 3.85. The van der Waals surface area contributed by atoms with Gasteiger partial charge in [0.05, 0.1) is 11.4 Å². The predicted octanol–water partition coefficient (Wildman–Crippen LogP) is 3.88. The van der Waals surface area contributed by atoms with Gasteiger partial charge in [0, 0.05) is 12.4 Å². The molecule has 2 aromatic carbocycles. The first-order chi connectivity index (χ1) is 10.2. The van der Waals surface area contributed by atoms with E-state index in [9.17, 15) is 0 Å². The molecule has 0 spiro atoms. The summed E-state index contributed by atoms with van der Waals surface area (Å²) in [6.07, 6.45) is 0. The first-order valence-electron chi connectivity index (χ1n) is 6.79. The normalized spacial score (nSPS) is 11.5. The number of fused-ring (bicyclic) bond motifs is 2. The number of nitrogens with zero attached hydrogens (tertiary/aromatic N) is 3. The second-order valence-electron chi connectivity index (χ2n) is 5.17. The van der Waals surface area contributed by atoms with Crippen LogP contribution in [0.25, 0.3) is 27.6 Å². The van der Waals surface area contributed by atoms with Gasteiger partial charge in [0.15, 0.2) is 10.4 Å². The highest BCUT2D eigenvalue weighted by atomic mass is 32.1. The molecule has 104 valence electrons. The van der Waals surface area contributed by atoms with Crippen molar-refractivity contribution in [1.29, 1.82) is 0 Å². The van der Waals surface area contributed by atoms with Crippen LogP contribution in [0.5, 0.6) is 0 Å². The zero-order chi connectivity index (χ0) is 14.6. The summed E-state index contributed by atoms with van der Waals surface area (Å²) in [6, 6.07) is 14.6. The third-order valence-corrected chi connectivity index (χ3v) is 4.13. The fraction of sp³-hybridized carbons (Fsp3) is 0.125. The summed E-state index contributed by atoms with van der Waals surface area (Å²) in [4.78, 5) is 3.27. The number of aromatic amines is 1. The smallest absolute Gasteiger partial charge is 0.184 e. The zero-order valence-corrected chi connectivity index (χ0v) is 12.6. The van der Waals surface area contributed by atoms with Gasteiger partial charge >= 0.3 is 0 Å². The maximum Gasteiger partial charge on any atom is 0.184 e. The Morgan fingerprint density at radius 1 is 1.10 bits per heavy atom. The minimum atomic E-state index is 0.692. The lowest BCUT2D eigenvalue weighted by Gasteiger charge is -2.09. The van der Waals surface area contributed by atoms with Crippen molar-refractivity contribution >= 4 is 34.2 Å². The zero-order valence-electron chi connectivity index (χ0n) is 11.8. The summed E-state index contributed by atoms with van der Waals surface area (Å²) in [5.74, 6) is 0. The summed E-state index contributed by atoms with van der Waals surface area (Å²) < 4.78 is 4.63. The Kier molecular flexibility index (Phi) is 2.53. The predicted molar refractivity (Wildman–Crippen MR) is 87.5 cm³/mol. The van der Waals surface area contributed by atoms with Crippen LogP contribution in [0.15, 0.2) is 42.5 Å². The average Bonchev–Trinajstić information content (AvgIpc) is 2.96. The minimum absolute atomic E-state index is 0.692. The molecule has 1 N–H and O–H groups in total. The molecule has 4 rings (SSSR count). The first-order valence-corrected chi connectivity index (χ1v) is 7.20. The molecule has 0 unspecified atom stereocenters. The number of hydrogen-bond donors (Lipinski definition) is 1. The van der Waals surface area contributed by atoms with Crippen molar-refractivity contribution in [2.45, 2.75) is 6.92 Å². The van der Waals surface area contributed by atoms with Gasteiger partial charge in [-0.05, 0) is 30.6 Å². The van der Waals surface area contributed by atoms with E-state index in [-0.39, 0.29) is 0 Å². The second kappa shape index (κ2) is 4.30. The van der Waals surface area contributed by atoms with E-state index in [2.05, 4.69) is 45.0 Å². The molecule has 0 aliphatic rings. The van der Waals surface area contributed by atoms with E-state index < -0.39 is 0 Å². The molecule has 0 radical (unpaired) electrons. The summed E-state index contributed by atoms with van der Waals surface area (Å²) >= 11 is 5.54. The Bertz CT molecular complexity index is 1030. The van der Waals surface area contributed by atoms with Gasteiger partial charge in [0.2, 0.25) is 0 Å². The summed E-state index contributed by atoms with van der Waals surface area (Å²) in [5.41, 5.74) is 4.02. The number of rotatable bonds is 1. The van der Waals surface area contributed by atoms with Gasteiger partial charge in [-0.3, -0.25) is 4.57 Å². The monoisotopic (exact) mass is 294 g/mol. The molecular formula is C16H14N4S. The topological polar surface area (TPSA) is 38.5 Å². The number of hydrogen-bond acceptors (Lipinski definition) is 2. The molecule has 0 atom stereocenters. The first kappa shape index (κ1) is 12.3. The van der Waals surface area contributed by atoms with E-state index in [0.717, 1.165) is 22.5 Å². The van der Waals surface area contributed by atoms with Crippen molar-refractivity contribution in [3.8, 4) is 5.69 Å². The number of benzene rings is 2. The fourth-order valence-corrected chi connectivity index (χ4v) is 3.22. The molecule has 2 heterocycles. The van der Waals surface area contributed by atoms with Crippen LogP contribution in [0, 0.1) is 11.7 Å². The van der Waals surface area contributed by atoms with Crippen LogP contribution in [0.2, 0.25) is 0 Å². The third kappa shape index (κ3) is 1.67. The molecule has 21 heavy (non-hydrogen) atoms. The van der Waals surface area contributed by atoms with E-state index in [1.54, 1.807) is 0 Å². The molecule has 0 aliphatic heterocycles. The lowest BCUT2D eigenvalue weighted by molar-refractivity contribution is 0.760. The molecule has 0 fully saturated rings. The molecule has 5 heteroatoms. The van der Waals surface area contributed by atoms with Crippen molar-refractivity contribution in [2.75, 3.05) is 0 Å². The van der Waals surface area contributed by atoms with Gasteiger partial charge in [-0.2, -0.15) is 5.10 Å². The Morgan fingerprint density at radius 2 is 1.86 bits per heavy atom. The molecule has 0 saturated carbocycles. The molecular weight excluding hydrogens is 280 g/mol. The van der Waals surface area contributed by atoms with Gasteiger partial charge in [-0.15, -0.1) is 0 Å². The van der Waals surface area contributed by atoms with E-state index in [1.165, 1.54) is 10.8 Å². The Labute approximate surface area is 126 Å². The standard InChI is InChI=1S/C16H14N4S/c1-10-14-15(19(2)18-10)20(16(21)17-14)13-9-5-7-11-6-3-4-8-12(11)13/h3-9H,1-2H3,(H,17,21). The van der Waals surface area contributed by atoms with E-state index in [1.807, 2.05) is 30.8 Å². The highest BCUT2D eigenvalue weighted by Crippen LogP contribution is 2.27. The lowest BCUT2D eigenvalue weighted by atomic mass is 10.1. The molecule has 4 aromatic rings. The molecule has 0 saturated heterocycles. The van der Waals surface area contributed by atoms with Crippen molar-refractivity contribution in [3.05, 3.63) is 52.9 Å². The molecule has 0 aliphatic carbocycles. The molecule has 0 bridgehead atoms. The SMILES string of the molecule is Cc1nn(C)c2c1[nH]c(=S)n2-c1cccc2ccccc12. The number of aromatic nitrogens is 4. The number of H-pyrrole nitrogens is 1. The lowest BCUT2D eigenvalue weighted by Crippen LogP contribution is -2.01. The van der Waals surface area contributed by atoms with Crippen LogP contribution in [-0.4, -0.2) is 19.3 Å². The van der Waals surface area contributed by atoms with Gasteiger partial charge in [-0.1, -0.05) is 36.4 Å². The second-order valence-corrected chi connectivity index (χ2v) is 5.56. The summed E-state index contributed by atoms with van der Waals surface area (Å²) in [5, 5.41) is 6.85. The average molecular weight is 294 g/mol. The van der Waals surface area contributed by atoms with Gasteiger partial charge in [-0.25, -0.2) is 4.68 Å². The van der Waals surface area contributed by atoms with E-state index >= 15 is 0 Å².